The molecule has 0 saturated heterocycles. The largest absolute Gasteiger partial charge is 0.378 e. The van der Waals surface area contributed by atoms with Gasteiger partial charge in [-0.25, -0.2) is 4.79 Å². The standard InChI is InChI=1S/C15H26N4O2/c1-12(16)13-4-6-14(7-5-13)18-15(20)17-8-10-21-11-9-19(2)3/h4-7,12H,8-11,16H2,1-3H3,(H2,17,18,20). The Labute approximate surface area is 126 Å². The van der Waals surface area contributed by atoms with Crippen molar-refractivity contribution in [3.8, 4) is 0 Å². The summed E-state index contributed by atoms with van der Waals surface area (Å²) >= 11 is 0. The van der Waals surface area contributed by atoms with Gasteiger partial charge in [0.05, 0.1) is 13.2 Å². The van der Waals surface area contributed by atoms with Crippen molar-refractivity contribution < 1.29 is 9.53 Å². The Hall–Kier alpha value is -1.63. The van der Waals surface area contributed by atoms with Crippen molar-refractivity contribution in [2.45, 2.75) is 13.0 Å². The van der Waals surface area contributed by atoms with Gasteiger partial charge in [-0.3, -0.25) is 0 Å². The Morgan fingerprint density at radius 2 is 1.95 bits per heavy atom. The van der Waals surface area contributed by atoms with Gasteiger partial charge in [0, 0.05) is 24.8 Å². The molecule has 0 saturated carbocycles. The number of carbonyl (C=O) groups is 1. The summed E-state index contributed by atoms with van der Waals surface area (Å²) in [4.78, 5) is 13.7. The third-order valence-corrected chi connectivity index (χ3v) is 2.91. The number of nitrogens with zero attached hydrogens (tertiary/aromatic N) is 1. The van der Waals surface area contributed by atoms with Gasteiger partial charge in [0.15, 0.2) is 0 Å². The quantitative estimate of drug-likeness (QED) is 0.633. The topological polar surface area (TPSA) is 79.6 Å². The van der Waals surface area contributed by atoms with Crippen LogP contribution >= 0.6 is 0 Å². The lowest BCUT2D eigenvalue weighted by Crippen LogP contribution is -2.32. The summed E-state index contributed by atoms with van der Waals surface area (Å²) in [5.74, 6) is 0. The zero-order chi connectivity index (χ0) is 15.7. The molecule has 1 aromatic carbocycles. The SMILES string of the molecule is CC(N)c1ccc(NC(=O)NCCOCCN(C)C)cc1. The van der Waals surface area contributed by atoms with E-state index in [0.29, 0.717) is 19.8 Å². The van der Waals surface area contributed by atoms with Gasteiger partial charge < -0.3 is 26.0 Å². The number of urea groups is 1. The van der Waals surface area contributed by atoms with Crippen molar-refractivity contribution in [1.82, 2.24) is 10.2 Å². The first-order valence-corrected chi connectivity index (χ1v) is 7.12. The number of amides is 2. The van der Waals surface area contributed by atoms with E-state index < -0.39 is 0 Å². The molecule has 2 amide bonds. The summed E-state index contributed by atoms with van der Waals surface area (Å²) in [7, 11) is 3.98. The van der Waals surface area contributed by atoms with Crippen molar-refractivity contribution in [2.75, 3.05) is 45.7 Å². The fourth-order valence-corrected chi connectivity index (χ4v) is 1.63. The second-order valence-corrected chi connectivity index (χ2v) is 5.21. The van der Waals surface area contributed by atoms with Crippen molar-refractivity contribution in [3.05, 3.63) is 29.8 Å². The van der Waals surface area contributed by atoms with Crippen LogP contribution in [0.4, 0.5) is 10.5 Å². The van der Waals surface area contributed by atoms with Crippen LogP contribution in [0.15, 0.2) is 24.3 Å². The number of nitrogens with one attached hydrogen (secondary N) is 2. The van der Waals surface area contributed by atoms with E-state index >= 15 is 0 Å². The van der Waals surface area contributed by atoms with Gasteiger partial charge in [-0.05, 0) is 38.7 Å². The molecule has 0 aliphatic heterocycles. The van der Waals surface area contributed by atoms with E-state index in [1.54, 1.807) is 0 Å². The van der Waals surface area contributed by atoms with Crippen LogP contribution in [-0.2, 0) is 4.74 Å². The van der Waals surface area contributed by atoms with Crippen LogP contribution in [0.3, 0.4) is 0 Å². The van der Waals surface area contributed by atoms with E-state index in [9.17, 15) is 4.79 Å². The molecule has 0 aliphatic rings. The van der Waals surface area contributed by atoms with Crippen LogP contribution in [0, 0.1) is 0 Å². The molecule has 0 spiro atoms. The number of carbonyl (C=O) groups excluding carboxylic acids is 1. The number of benzene rings is 1. The maximum Gasteiger partial charge on any atom is 0.319 e. The van der Waals surface area contributed by atoms with E-state index in [1.165, 1.54) is 0 Å². The monoisotopic (exact) mass is 294 g/mol. The lowest BCUT2D eigenvalue weighted by molar-refractivity contribution is 0.120. The molecule has 0 radical (unpaired) electrons. The van der Waals surface area contributed by atoms with Crippen molar-refractivity contribution in [1.29, 1.82) is 0 Å². The normalized spacial score (nSPS) is 12.2. The summed E-state index contributed by atoms with van der Waals surface area (Å²) in [6.45, 7) is 4.45. The number of nitrogens with two attached hydrogens (primary N) is 1. The van der Waals surface area contributed by atoms with Gasteiger partial charge in [0.1, 0.15) is 0 Å². The Bertz CT molecular complexity index is 418. The maximum atomic E-state index is 11.7. The highest BCUT2D eigenvalue weighted by Gasteiger charge is 2.02. The first-order valence-electron chi connectivity index (χ1n) is 7.12. The highest BCUT2D eigenvalue weighted by molar-refractivity contribution is 5.89. The summed E-state index contributed by atoms with van der Waals surface area (Å²) in [6.07, 6.45) is 0. The molecule has 6 nitrogen and oxygen atoms in total. The fraction of sp³-hybridized carbons (Fsp3) is 0.533. The smallest absolute Gasteiger partial charge is 0.319 e. The lowest BCUT2D eigenvalue weighted by Gasteiger charge is -2.11. The zero-order valence-corrected chi connectivity index (χ0v) is 13.1. The van der Waals surface area contributed by atoms with E-state index in [1.807, 2.05) is 50.2 Å². The third-order valence-electron chi connectivity index (χ3n) is 2.91. The minimum absolute atomic E-state index is 0.00723. The molecule has 4 N–H and O–H groups in total. The van der Waals surface area contributed by atoms with E-state index in [0.717, 1.165) is 17.8 Å². The Morgan fingerprint density at radius 3 is 2.52 bits per heavy atom. The number of rotatable bonds is 8. The van der Waals surface area contributed by atoms with Crippen molar-refractivity contribution in [2.24, 2.45) is 5.73 Å². The molecule has 1 rings (SSSR count). The van der Waals surface area contributed by atoms with Crippen LogP contribution in [0.2, 0.25) is 0 Å². The van der Waals surface area contributed by atoms with Gasteiger partial charge in [-0.2, -0.15) is 0 Å². The molecule has 0 fully saturated rings. The number of hydrogen-bond donors (Lipinski definition) is 3. The number of ether oxygens (including phenoxy) is 1. The molecule has 0 heterocycles. The molecule has 6 heteroatoms. The highest BCUT2D eigenvalue weighted by Crippen LogP contribution is 2.13. The van der Waals surface area contributed by atoms with E-state index in [-0.39, 0.29) is 12.1 Å². The molecule has 1 unspecified atom stereocenters. The second-order valence-electron chi connectivity index (χ2n) is 5.21. The predicted molar refractivity (Wildman–Crippen MR) is 85.4 cm³/mol. The van der Waals surface area contributed by atoms with Gasteiger partial charge in [-0.1, -0.05) is 12.1 Å². The Morgan fingerprint density at radius 1 is 1.29 bits per heavy atom. The third kappa shape index (κ3) is 7.65. The van der Waals surface area contributed by atoms with E-state index in [2.05, 4.69) is 10.6 Å². The van der Waals surface area contributed by atoms with Crippen LogP contribution in [0.5, 0.6) is 0 Å². The zero-order valence-electron chi connectivity index (χ0n) is 13.1. The summed E-state index contributed by atoms with van der Waals surface area (Å²) < 4.78 is 5.39. The fourth-order valence-electron chi connectivity index (χ4n) is 1.63. The van der Waals surface area contributed by atoms with E-state index in [4.69, 9.17) is 10.5 Å². The first kappa shape index (κ1) is 17.4. The molecular weight excluding hydrogens is 268 g/mol. The lowest BCUT2D eigenvalue weighted by atomic mass is 10.1. The number of likely N-dealkylation sites (N-methyl/N-ethyl adjacent to an activating group) is 1. The van der Waals surface area contributed by atoms with Crippen LogP contribution < -0.4 is 16.4 Å². The average molecular weight is 294 g/mol. The van der Waals surface area contributed by atoms with Crippen LogP contribution in [-0.4, -0.2) is 51.3 Å². The van der Waals surface area contributed by atoms with Crippen LogP contribution in [0.25, 0.3) is 0 Å². The van der Waals surface area contributed by atoms with Gasteiger partial charge in [0.25, 0.3) is 0 Å². The number of anilines is 1. The minimum atomic E-state index is -0.236. The molecule has 1 atom stereocenters. The minimum Gasteiger partial charge on any atom is -0.378 e. The number of hydrogen-bond acceptors (Lipinski definition) is 4. The predicted octanol–water partition coefficient (Wildman–Crippen LogP) is 1.41. The second kappa shape index (κ2) is 9.33. The Balaban J connectivity index is 2.18. The molecule has 1 aromatic rings. The summed E-state index contributed by atoms with van der Waals surface area (Å²) in [5.41, 5.74) is 7.55. The molecule has 0 aromatic heterocycles. The van der Waals surface area contributed by atoms with Crippen molar-refractivity contribution in [3.63, 3.8) is 0 Å². The van der Waals surface area contributed by atoms with Gasteiger partial charge in [-0.15, -0.1) is 0 Å². The van der Waals surface area contributed by atoms with Gasteiger partial charge in [0.2, 0.25) is 0 Å². The maximum absolute atomic E-state index is 11.7. The summed E-state index contributed by atoms with van der Waals surface area (Å²) in [6, 6.07) is 7.25. The summed E-state index contributed by atoms with van der Waals surface area (Å²) in [5, 5.41) is 5.51. The molecular formula is C15H26N4O2. The molecule has 118 valence electrons. The Kier molecular flexibility index (Phi) is 7.74. The van der Waals surface area contributed by atoms with Crippen molar-refractivity contribution >= 4 is 11.7 Å². The average Bonchev–Trinajstić information content (AvgIpc) is 2.43. The molecule has 0 bridgehead atoms. The molecule has 0 aliphatic carbocycles. The highest BCUT2D eigenvalue weighted by atomic mass is 16.5. The first-order chi connectivity index (χ1) is 9.99. The molecule has 21 heavy (non-hydrogen) atoms. The van der Waals surface area contributed by atoms with Crippen LogP contribution in [0.1, 0.15) is 18.5 Å². The van der Waals surface area contributed by atoms with Gasteiger partial charge >= 0.3 is 6.03 Å².